The van der Waals surface area contributed by atoms with E-state index >= 15 is 0 Å². The largest absolute Gasteiger partial charge is 0.325 e. The molecule has 0 saturated heterocycles. The van der Waals surface area contributed by atoms with E-state index < -0.39 is 11.7 Å². The van der Waals surface area contributed by atoms with E-state index in [-0.39, 0.29) is 10.6 Å². The standard InChI is InChI=1S/C18H13ClFN3OS/c19-14-9-11(20)5-6-12(14)17(24)21-15-4-2-1-3-13(15)16-10-23-7-8-25-18(23)22-16/h1-6,9-10H,7-8H2,(H,21,24). The molecule has 1 N–H and O–H groups in total. The van der Waals surface area contributed by atoms with Gasteiger partial charge in [-0.3, -0.25) is 4.79 Å². The van der Waals surface area contributed by atoms with Crippen molar-refractivity contribution in [3.05, 3.63) is 65.1 Å². The first-order chi connectivity index (χ1) is 12.1. The fourth-order valence-corrected chi connectivity index (χ4v) is 3.91. The average Bonchev–Trinajstić information content (AvgIpc) is 3.16. The van der Waals surface area contributed by atoms with Crippen LogP contribution in [0.2, 0.25) is 5.02 Å². The molecule has 0 aliphatic carbocycles. The third-order valence-corrected chi connectivity index (χ3v) is 5.21. The van der Waals surface area contributed by atoms with Crippen LogP contribution < -0.4 is 5.32 Å². The Kier molecular flexibility index (Phi) is 4.23. The van der Waals surface area contributed by atoms with Crippen LogP contribution in [0.1, 0.15) is 10.4 Å². The number of para-hydroxylation sites is 1. The van der Waals surface area contributed by atoms with Gasteiger partial charge in [0.05, 0.1) is 22.0 Å². The molecule has 0 saturated carbocycles. The van der Waals surface area contributed by atoms with E-state index in [4.69, 9.17) is 11.6 Å². The molecule has 1 aliphatic rings. The Morgan fingerprint density at radius 3 is 2.92 bits per heavy atom. The highest BCUT2D eigenvalue weighted by molar-refractivity contribution is 7.99. The minimum absolute atomic E-state index is 0.0762. The van der Waals surface area contributed by atoms with Crippen LogP contribution in [0.5, 0.6) is 0 Å². The lowest BCUT2D eigenvalue weighted by molar-refractivity contribution is 0.102. The molecule has 2 heterocycles. The molecule has 0 bridgehead atoms. The monoisotopic (exact) mass is 373 g/mol. The summed E-state index contributed by atoms with van der Waals surface area (Å²) >= 11 is 7.69. The van der Waals surface area contributed by atoms with E-state index in [1.807, 2.05) is 30.5 Å². The van der Waals surface area contributed by atoms with Gasteiger partial charge in [-0.05, 0) is 24.3 Å². The Balaban J connectivity index is 1.65. The van der Waals surface area contributed by atoms with Crippen molar-refractivity contribution in [1.82, 2.24) is 9.55 Å². The summed E-state index contributed by atoms with van der Waals surface area (Å²) in [6, 6.07) is 11.2. The number of amides is 1. The number of halogens is 2. The Morgan fingerprint density at radius 2 is 2.12 bits per heavy atom. The number of nitrogens with one attached hydrogen (secondary N) is 1. The second-order valence-electron chi connectivity index (χ2n) is 5.57. The van der Waals surface area contributed by atoms with Crippen molar-refractivity contribution in [2.75, 3.05) is 11.1 Å². The summed E-state index contributed by atoms with van der Waals surface area (Å²) in [5.41, 5.74) is 2.50. The third kappa shape index (κ3) is 3.15. The van der Waals surface area contributed by atoms with Crippen LogP contribution in [-0.4, -0.2) is 21.2 Å². The zero-order valence-corrected chi connectivity index (χ0v) is 14.6. The molecule has 0 atom stereocenters. The highest BCUT2D eigenvalue weighted by atomic mass is 35.5. The Hall–Kier alpha value is -2.31. The zero-order valence-electron chi connectivity index (χ0n) is 13.0. The van der Waals surface area contributed by atoms with Crippen LogP contribution in [0.15, 0.2) is 53.8 Å². The van der Waals surface area contributed by atoms with E-state index in [0.29, 0.717) is 5.69 Å². The van der Waals surface area contributed by atoms with Crippen molar-refractivity contribution in [3.63, 3.8) is 0 Å². The van der Waals surface area contributed by atoms with Crippen LogP contribution >= 0.6 is 23.4 Å². The molecule has 0 radical (unpaired) electrons. The minimum Gasteiger partial charge on any atom is -0.325 e. The Morgan fingerprint density at radius 1 is 1.28 bits per heavy atom. The lowest BCUT2D eigenvalue weighted by Gasteiger charge is -2.10. The van der Waals surface area contributed by atoms with Gasteiger partial charge in [0, 0.05) is 24.1 Å². The van der Waals surface area contributed by atoms with E-state index in [1.54, 1.807) is 11.8 Å². The fourth-order valence-electron chi connectivity index (χ4n) is 2.72. The molecule has 1 aliphatic heterocycles. The summed E-state index contributed by atoms with van der Waals surface area (Å²) in [6.07, 6.45) is 1.99. The molecule has 3 aromatic rings. The molecule has 2 aromatic carbocycles. The molecule has 4 nitrogen and oxygen atoms in total. The van der Waals surface area contributed by atoms with Gasteiger partial charge in [0.2, 0.25) is 0 Å². The van der Waals surface area contributed by atoms with Gasteiger partial charge in [0.1, 0.15) is 5.82 Å². The quantitative estimate of drug-likeness (QED) is 0.723. The van der Waals surface area contributed by atoms with Gasteiger partial charge >= 0.3 is 0 Å². The lowest BCUT2D eigenvalue weighted by Crippen LogP contribution is -2.13. The van der Waals surface area contributed by atoms with Crippen LogP contribution in [0, 0.1) is 5.82 Å². The molecule has 4 rings (SSSR count). The number of aryl methyl sites for hydroxylation is 1. The number of hydrogen-bond donors (Lipinski definition) is 1. The number of nitrogens with zero attached hydrogens (tertiary/aromatic N) is 2. The average molecular weight is 374 g/mol. The highest BCUT2D eigenvalue weighted by Gasteiger charge is 2.18. The van der Waals surface area contributed by atoms with Gasteiger partial charge in [-0.15, -0.1) is 0 Å². The van der Waals surface area contributed by atoms with Gasteiger partial charge in [0.15, 0.2) is 5.16 Å². The van der Waals surface area contributed by atoms with E-state index in [1.165, 1.54) is 12.1 Å². The van der Waals surface area contributed by atoms with Crippen LogP contribution in [0.25, 0.3) is 11.3 Å². The number of aromatic nitrogens is 2. The Labute approximate surface area is 153 Å². The van der Waals surface area contributed by atoms with Gasteiger partial charge in [-0.1, -0.05) is 41.6 Å². The first-order valence-corrected chi connectivity index (χ1v) is 9.04. The van der Waals surface area contributed by atoms with Gasteiger partial charge in [-0.2, -0.15) is 0 Å². The number of thioether (sulfide) groups is 1. The number of rotatable bonds is 3. The predicted molar refractivity (Wildman–Crippen MR) is 97.8 cm³/mol. The van der Waals surface area contributed by atoms with E-state index in [2.05, 4.69) is 14.9 Å². The maximum atomic E-state index is 13.2. The van der Waals surface area contributed by atoms with Crippen molar-refractivity contribution < 1.29 is 9.18 Å². The van der Waals surface area contributed by atoms with E-state index in [0.717, 1.165) is 34.8 Å². The summed E-state index contributed by atoms with van der Waals surface area (Å²) in [6.45, 7) is 0.937. The Bertz CT molecular complexity index is 951. The molecule has 1 amide bonds. The first kappa shape index (κ1) is 16.2. The summed E-state index contributed by atoms with van der Waals surface area (Å²) in [5.74, 6) is 0.162. The van der Waals surface area contributed by atoms with Crippen molar-refractivity contribution in [2.45, 2.75) is 11.7 Å². The molecular weight excluding hydrogens is 361 g/mol. The number of anilines is 1. The van der Waals surface area contributed by atoms with Gasteiger partial charge in [0.25, 0.3) is 5.91 Å². The summed E-state index contributed by atoms with van der Waals surface area (Å²) in [5, 5.41) is 3.91. The maximum absolute atomic E-state index is 13.2. The molecule has 1 aromatic heterocycles. The lowest BCUT2D eigenvalue weighted by atomic mass is 10.1. The van der Waals surface area contributed by atoms with Crippen LogP contribution in [0.4, 0.5) is 10.1 Å². The summed E-state index contributed by atoms with van der Waals surface area (Å²) < 4.78 is 15.3. The number of imidazole rings is 1. The van der Waals surface area contributed by atoms with Gasteiger partial charge in [-0.25, -0.2) is 9.37 Å². The third-order valence-electron chi connectivity index (χ3n) is 3.93. The predicted octanol–water partition coefficient (Wildman–Crippen LogP) is 4.70. The molecule has 0 unspecified atom stereocenters. The molecule has 0 spiro atoms. The smallest absolute Gasteiger partial charge is 0.257 e. The van der Waals surface area contributed by atoms with Crippen LogP contribution in [0.3, 0.4) is 0 Å². The molecule has 126 valence electrons. The van der Waals surface area contributed by atoms with Crippen molar-refractivity contribution in [3.8, 4) is 11.3 Å². The number of fused-ring (bicyclic) bond motifs is 1. The molecule has 0 fully saturated rings. The second-order valence-corrected chi connectivity index (χ2v) is 7.04. The normalized spacial score (nSPS) is 12.9. The molecule has 7 heteroatoms. The highest BCUT2D eigenvalue weighted by Crippen LogP contribution is 2.32. The number of hydrogen-bond acceptors (Lipinski definition) is 3. The van der Waals surface area contributed by atoms with Crippen LogP contribution in [-0.2, 0) is 6.54 Å². The number of benzene rings is 2. The number of carbonyl (C=O) groups is 1. The second kappa shape index (κ2) is 6.54. The van der Waals surface area contributed by atoms with Crippen molar-refractivity contribution >= 4 is 35.0 Å². The minimum atomic E-state index is -0.480. The summed E-state index contributed by atoms with van der Waals surface area (Å²) in [7, 11) is 0. The fraction of sp³-hybridized carbons (Fsp3) is 0.111. The van der Waals surface area contributed by atoms with Crippen molar-refractivity contribution in [1.29, 1.82) is 0 Å². The topological polar surface area (TPSA) is 46.9 Å². The summed E-state index contributed by atoms with van der Waals surface area (Å²) in [4.78, 5) is 17.2. The van der Waals surface area contributed by atoms with Gasteiger partial charge < -0.3 is 9.88 Å². The first-order valence-electron chi connectivity index (χ1n) is 7.67. The molecule has 25 heavy (non-hydrogen) atoms. The van der Waals surface area contributed by atoms with E-state index in [9.17, 15) is 9.18 Å². The molecular formula is C18H13ClFN3OS. The number of carbonyl (C=O) groups excluding carboxylic acids is 1. The SMILES string of the molecule is O=C(Nc1ccccc1-c1cn2c(n1)SCC2)c1ccc(F)cc1Cl. The van der Waals surface area contributed by atoms with Crippen molar-refractivity contribution in [2.24, 2.45) is 0 Å². The zero-order chi connectivity index (χ0) is 17.4. The maximum Gasteiger partial charge on any atom is 0.257 e.